The molecule has 0 fully saturated rings. The van der Waals surface area contributed by atoms with Crippen LogP contribution in [-0.4, -0.2) is 14.5 Å². The van der Waals surface area contributed by atoms with Crippen molar-refractivity contribution in [3.05, 3.63) is 42.1 Å². The number of hydrogen-bond donors (Lipinski definition) is 0. The lowest BCUT2D eigenvalue weighted by molar-refractivity contribution is 0.975. The summed E-state index contributed by atoms with van der Waals surface area (Å²) < 4.78 is 1.82. The van der Waals surface area contributed by atoms with E-state index in [0.717, 1.165) is 17.2 Å². The molecule has 0 radical (unpaired) electrons. The molecule has 0 saturated carbocycles. The van der Waals surface area contributed by atoms with Gasteiger partial charge in [-0.1, -0.05) is 6.07 Å². The molecule has 0 spiro atoms. The Morgan fingerprint density at radius 1 is 1.47 bits per heavy atom. The quantitative estimate of drug-likeness (QED) is 0.737. The molecule has 0 aliphatic rings. The van der Waals surface area contributed by atoms with E-state index in [4.69, 9.17) is 5.26 Å². The van der Waals surface area contributed by atoms with Crippen LogP contribution in [0.15, 0.2) is 30.7 Å². The fourth-order valence-electron chi connectivity index (χ4n) is 1.33. The highest BCUT2D eigenvalue weighted by molar-refractivity contribution is 5.25. The second kappa shape index (κ2) is 3.93. The third kappa shape index (κ3) is 2.02. The zero-order chi connectivity index (χ0) is 10.7. The van der Waals surface area contributed by atoms with Crippen molar-refractivity contribution in [1.82, 2.24) is 14.5 Å². The number of rotatable bonds is 2. The Hall–Kier alpha value is -2.15. The van der Waals surface area contributed by atoms with Gasteiger partial charge in [-0.15, -0.1) is 0 Å². The third-order valence-corrected chi connectivity index (χ3v) is 2.03. The maximum absolute atomic E-state index is 8.53. The monoisotopic (exact) mass is 198 g/mol. The van der Waals surface area contributed by atoms with Crippen LogP contribution in [-0.2, 0) is 6.42 Å². The minimum atomic E-state index is 0.332. The van der Waals surface area contributed by atoms with Crippen LogP contribution in [0.4, 0.5) is 0 Å². The molecule has 0 N–H and O–H groups in total. The number of hydrogen-bond acceptors (Lipinski definition) is 3. The highest BCUT2D eigenvalue weighted by Crippen LogP contribution is 2.06. The van der Waals surface area contributed by atoms with Crippen molar-refractivity contribution in [2.45, 2.75) is 13.3 Å². The zero-order valence-electron chi connectivity index (χ0n) is 8.38. The van der Waals surface area contributed by atoms with Gasteiger partial charge in [0.25, 0.3) is 0 Å². The Balaban J connectivity index is 2.34. The van der Waals surface area contributed by atoms with E-state index in [-0.39, 0.29) is 0 Å². The number of nitriles is 1. The van der Waals surface area contributed by atoms with Crippen LogP contribution >= 0.6 is 0 Å². The molecule has 2 aromatic rings. The molecule has 4 nitrogen and oxygen atoms in total. The molecule has 74 valence electrons. The maximum Gasteiger partial charge on any atom is 0.138 e. The lowest BCUT2D eigenvalue weighted by Gasteiger charge is -2.00. The lowest BCUT2D eigenvalue weighted by Crippen LogP contribution is -1.94. The van der Waals surface area contributed by atoms with Gasteiger partial charge in [0.2, 0.25) is 0 Å². The van der Waals surface area contributed by atoms with Crippen LogP contribution in [0, 0.1) is 18.3 Å². The molecule has 2 rings (SSSR count). The zero-order valence-corrected chi connectivity index (χ0v) is 8.38. The average molecular weight is 198 g/mol. The summed E-state index contributed by atoms with van der Waals surface area (Å²) >= 11 is 0. The molecular formula is C11H10N4. The Labute approximate surface area is 87.8 Å². The van der Waals surface area contributed by atoms with E-state index < -0.39 is 0 Å². The van der Waals surface area contributed by atoms with Gasteiger partial charge in [-0.05, 0) is 19.1 Å². The molecule has 0 aliphatic carbocycles. The molecule has 0 unspecified atom stereocenters. The van der Waals surface area contributed by atoms with Crippen molar-refractivity contribution in [1.29, 1.82) is 5.26 Å². The fourth-order valence-corrected chi connectivity index (χ4v) is 1.33. The molecule has 0 aliphatic heterocycles. The molecule has 0 amide bonds. The summed E-state index contributed by atoms with van der Waals surface area (Å²) in [7, 11) is 0. The predicted octanol–water partition coefficient (Wildman–Crippen LogP) is 1.64. The van der Waals surface area contributed by atoms with Crippen LogP contribution in [0.2, 0.25) is 0 Å². The first-order chi connectivity index (χ1) is 7.29. The molecule has 15 heavy (non-hydrogen) atoms. The van der Waals surface area contributed by atoms with Crippen molar-refractivity contribution in [2.24, 2.45) is 0 Å². The van der Waals surface area contributed by atoms with E-state index in [9.17, 15) is 0 Å². The van der Waals surface area contributed by atoms with Crippen LogP contribution in [0.25, 0.3) is 5.82 Å². The Morgan fingerprint density at radius 2 is 2.33 bits per heavy atom. The number of pyridine rings is 1. The SMILES string of the molecule is Cc1cccc(-n2cnc(CC#N)c2)n1. The summed E-state index contributed by atoms with van der Waals surface area (Å²) in [5.41, 5.74) is 1.73. The van der Waals surface area contributed by atoms with E-state index in [1.165, 1.54) is 0 Å². The van der Waals surface area contributed by atoms with Crippen LogP contribution in [0.5, 0.6) is 0 Å². The number of imidazole rings is 1. The average Bonchev–Trinajstić information content (AvgIpc) is 2.67. The van der Waals surface area contributed by atoms with E-state index in [1.807, 2.05) is 35.9 Å². The van der Waals surface area contributed by atoms with Crippen molar-refractivity contribution < 1.29 is 0 Å². The van der Waals surface area contributed by atoms with Gasteiger partial charge in [0, 0.05) is 11.9 Å². The lowest BCUT2D eigenvalue weighted by atomic mass is 10.3. The van der Waals surface area contributed by atoms with E-state index >= 15 is 0 Å². The fraction of sp³-hybridized carbons (Fsp3) is 0.182. The molecule has 2 aromatic heterocycles. The van der Waals surface area contributed by atoms with E-state index in [2.05, 4.69) is 16.0 Å². The van der Waals surface area contributed by atoms with Gasteiger partial charge in [-0.25, -0.2) is 9.97 Å². The summed E-state index contributed by atoms with van der Waals surface area (Å²) in [5.74, 6) is 0.826. The summed E-state index contributed by atoms with van der Waals surface area (Å²) in [6.45, 7) is 1.94. The molecule has 0 saturated heterocycles. The van der Waals surface area contributed by atoms with Gasteiger partial charge in [-0.3, -0.25) is 4.57 Å². The number of aromatic nitrogens is 3. The third-order valence-electron chi connectivity index (χ3n) is 2.03. The molecule has 2 heterocycles. The maximum atomic E-state index is 8.53. The second-order valence-electron chi connectivity index (χ2n) is 3.24. The largest absolute Gasteiger partial charge is 0.290 e. The summed E-state index contributed by atoms with van der Waals surface area (Å²) in [5, 5.41) is 8.53. The second-order valence-corrected chi connectivity index (χ2v) is 3.24. The first-order valence-corrected chi connectivity index (χ1v) is 4.63. The van der Waals surface area contributed by atoms with Crippen molar-refractivity contribution >= 4 is 0 Å². The molecular weight excluding hydrogens is 188 g/mol. The number of nitrogens with zero attached hydrogens (tertiary/aromatic N) is 4. The van der Waals surface area contributed by atoms with Crippen molar-refractivity contribution in [3.63, 3.8) is 0 Å². The van der Waals surface area contributed by atoms with E-state index in [0.29, 0.717) is 6.42 Å². The molecule has 0 atom stereocenters. The molecule has 4 heteroatoms. The summed E-state index contributed by atoms with van der Waals surface area (Å²) in [4.78, 5) is 8.47. The first kappa shape index (κ1) is 9.41. The van der Waals surface area contributed by atoms with Gasteiger partial charge in [0.05, 0.1) is 18.2 Å². The first-order valence-electron chi connectivity index (χ1n) is 4.63. The van der Waals surface area contributed by atoms with Gasteiger partial charge >= 0.3 is 0 Å². The number of aryl methyl sites for hydroxylation is 1. The minimum absolute atomic E-state index is 0.332. The highest BCUT2D eigenvalue weighted by atomic mass is 15.1. The smallest absolute Gasteiger partial charge is 0.138 e. The normalized spacial score (nSPS) is 9.87. The van der Waals surface area contributed by atoms with Gasteiger partial charge in [-0.2, -0.15) is 5.26 Å². The van der Waals surface area contributed by atoms with Crippen LogP contribution in [0.1, 0.15) is 11.4 Å². The predicted molar refractivity (Wildman–Crippen MR) is 55.4 cm³/mol. The van der Waals surface area contributed by atoms with Gasteiger partial charge in [0.1, 0.15) is 12.1 Å². The van der Waals surface area contributed by atoms with Crippen molar-refractivity contribution in [2.75, 3.05) is 0 Å². The molecule has 0 aromatic carbocycles. The van der Waals surface area contributed by atoms with Crippen LogP contribution in [0.3, 0.4) is 0 Å². The Morgan fingerprint density at radius 3 is 3.07 bits per heavy atom. The standard InChI is InChI=1S/C11H10N4/c1-9-3-2-4-11(14-9)15-7-10(5-6-12)13-8-15/h2-4,7-8H,5H2,1H3. The topological polar surface area (TPSA) is 54.5 Å². The Kier molecular flexibility index (Phi) is 2.46. The van der Waals surface area contributed by atoms with Crippen LogP contribution < -0.4 is 0 Å². The minimum Gasteiger partial charge on any atom is -0.290 e. The van der Waals surface area contributed by atoms with Gasteiger partial charge < -0.3 is 0 Å². The Bertz CT molecular complexity index is 507. The molecule has 0 bridgehead atoms. The van der Waals surface area contributed by atoms with Crippen molar-refractivity contribution in [3.8, 4) is 11.9 Å². The summed E-state index contributed by atoms with van der Waals surface area (Å²) in [6.07, 6.45) is 3.83. The summed E-state index contributed by atoms with van der Waals surface area (Å²) in [6, 6.07) is 7.86. The van der Waals surface area contributed by atoms with E-state index in [1.54, 1.807) is 6.33 Å². The van der Waals surface area contributed by atoms with Gasteiger partial charge in [0.15, 0.2) is 0 Å². The highest BCUT2D eigenvalue weighted by Gasteiger charge is 2.01.